The van der Waals surface area contributed by atoms with Gasteiger partial charge in [0.15, 0.2) is 0 Å². The van der Waals surface area contributed by atoms with E-state index < -0.39 is 0 Å². The second-order valence-corrected chi connectivity index (χ2v) is 4.92. The quantitative estimate of drug-likeness (QED) is 0.790. The van der Waals surface area contributed by atoms with Gasteiger partial charge in [0, 0.05) is 11.7 Å². The molecule has 0 unspecified atom stereocenters. The molecule has 0 atom stereocenters. The fraction of sp³-hybridized carbons (Fsp3) is 0.615. The maximum atomic E-state index is 11.5. The van der Waals surface area contributed by atoms with Crippen molar-refractivity contribution in [3.8, 4) is 0 Å². The number of H-pyrrole nitrogens is 1. The number of aromatic nitrogens is 1. The summed E-state index contributed by atoms with van der Waals surface area (Å²) in [6.45, 7) is 4.44. The van der Waals surface area contributed by atoms with E-state index in [2.05, 4.69) is 17.2 Å². The highest BCUT2D eigenvalue weighted by molar-refractivity contribution is 5.88. The van der Waals surface area contributed by atoms with Crippen LogP contribution in [0.1, 0.15) is 50.0 Å². The van der Waals surface area contributed by atoms with E-state index >= 15 is 0 Å². The SMILES string of the molecule is CCOC(=O)c1cc(NC2(C)CCCC2)c[nH]1. The smallest absolute Gasteiger partial charge is 0.354 e. The Labute approximate surface area is 102 Å². The molecule has 1 aromatic heterocycles. The number of hydrogen-bond donors (Lipinski definition) is 2. The molecular formula is C13H20N2O2. The summed E-state index contributed by atoms with van der Waals surface area (Å²) < 4.78 is 4.94. The second kappa shape index (κ2) is 4.82. The summed E-state index contributed by atoms with van der Waals surface area (Å²) in [5, 5.41) is 3.50. The maximum absolute atomic E-state index is 11.5. The van der Waals surface area contributed by atoms with E-state index in [0.29, 0.717) is 12.3 Å². The Morgan fingerprint density at radius 1 is 1.53 bits per heavy atom. The van der Waals surface area contributed by atoms with E-state index in [1.54, 1.807) is 6.92 Å². The van der Waals surface area contributed by atoms with Crippen LogP contribution in [0.5, 0.6) is 0 Å². The van der Waals surface area contributed by atoms with Crippen molar-refractivity contribution in [3.05, 3.63) is 18.0 Å². The third kappa shape index (κ3) is 2.81. The molecule has 1 aliphatic rings. The molecule has 0 aromatic carbocycles. The molecule has 0 aliphatic heterocycles. The van der Waals surface area contributed by atoms with Crippen LogP contribution in [-0.2, 0) is 4.74 Å². The van der Waals surface area contributed by atoms with Crippen molar-refractivity contribution in [3.63, 3.8) is 0 Å². The molecule has 1 aromatic rings. The van der Waals surface area contributed by atoms with Crippen molar-refractivity contribution < 1.29 is 9.53 Å². The fourth-order valence-electron chi connectivity index (χ4n) is 2.42. The lowest BCUT2D eigenvalue weighted by Gasteiger charge is -2.25. The number of hydrogen-bond acceptors (Lipinski definition) is 3. The van der Waals surface area contributed by atoms with Crippen LogP contribution in [0, 0.1) is 0 Å². The number of nitrogens with one attached hydrogen (secondary N) is 2. The van der Waals surface area contributed by atoms with Crippen LogP contribution in [0.2, 0.25) is 0 Å². The predicted molar refractivity (Wildman–Crippen MR) is 67.2 cm³/mol. The van der Waals surface area contributed by atoms with Crippen molar-refractivity contribution >= 4 is 11.7 Å². The van der Waals surface area contributed by atoms with Gasteiger partial charge in [-0.3, -0.25) is 0 Å². The van der Waals surface area contributed by atoms with Crippen LogP contribution in [0.4, 0.5) is 5.69 Å². The first-order chi connectivity index (χ1) is 8.13. The van der Waals surface area contributed by atoms with Crippen LogP contribution < -0.4 is 5.32 Å². The number of rotatable bonds is 4. The van der Waals surface area contributed by atoms with Crippen molar-refractivity contribution in [2.75, 3.05) is 11.9 Å². The first-order valence-electron chi connectivity index (χ1n) is 6.27. The van der Waals surface area contributed by atoms with E-state index in [-0.39, 0.29) is 11.5 Å². The van der Waals surface area contributed by atoms with E-state index in [0.717, 1.165) is 5.69 Å². The van der Waals surface area contributed by atoms with Gasteiger partial charge in [0.05, 0.1) is 12.3 Å². The van der Waals surface area contributed by atoms with Gasteiger partial charge in [-0.15, -0.1) is 0 Å². The van der Waals surface area contributed by atoms with Gasteiger partial charge in [-0.05, 0) is 32.8 Å². The Hall–Kier alpha value is -1.45. The lowest BCUT2D eigenvalue weighted by Crippen LogP contribution is -2.30. The van der Waals surface area contributed by atoms with Crippen LogP contribution >= 0.6 is 0 Å². The van der Waals surface area contributed by atoms with Gasteiger partial charge < -0.3 is 15.0 Å². The lowest BCUT2D eigenvalue weighted by atomic mass is 10.0. The Balaban J connectivity index is 2.00. The molecule has 0 saturated heterocycles. The van der Waals surface area contributed by atoms with Gasteiger partial charge >= 0.3 is 5.97 Å². The summed E-state index contributed by atoms with van der Waals surface area (Å²) in [6.07, 6.45) is 6.76. The van der Waals surface area contributed by atoms with E-state index in [1.165, 1.54) is 25.7 Å². The molecule has 17 heavy (non-hydrogen) atoms. The molecule has 0 spiro atoms. The molecule has 0 bridgehead atoms. The Bertz CT molecular complexity index is 392. The second-order valence-electron chi connectivity index (χ2n) is 4.92. The highest BCUT2D eigenvalue weighted by Gasteiger charge is 2.28. The van der Waals surface area contributed by atoms with Crippen molar-refractivity contribution in [2.24, 2.45) is 0 Å². The molecule has 1 heterocycles. The molecule has 1 fully saturated rings. The highest BCUT2D eigenvalue weighted by Crippen LogP contribution is 2.32. The van der Waals surface area contributed by atoms with Gasteiger partial charge in [-0.1, -0.05) is 12.8 Å². The molecule has 1 saturated carbocycles. The van der Waals surface area contributed by atoms with Crippen molar-refractivity contribution in [2.45, 2.75) is 45.1 Å². The van der Waals surface area contributed by atoms with Crippen LogP contribution in [0.3, 0.4) is 0 Å². The number of esters is 1. The Morgan fingerprint density at radius 2 is 2.24 bits per heavy atom. The summed E-state index contributed by atoms with van der Waals surface area (Å²) in [5.74, 6) is -0.294. The van der Waals surface area contributed by atoms with E-state index in [1.807, 2.05) is 12.3 Å². The molecule has 4 nitrogen and oxygen atoms in total. The topological polar surface area (TPSA) is 54.1 Å². The highest BCUT2D eigenvalue weighted by atomic mass is 16.5. The van der Waals surface area contributed by atoms with Crippen molar-refractivity contribution in [1.82, 2.24) is 4.98 Å². The first-order valence-corrected chi connectivity index (χ1v) is 6.27. The normalized spacial score (nSPS) is 18.0. The minimum Gasteiger partial charge on any atom is -0.461 e. The van der Waals surface area contributed by atoms with E-state index in [9.17, 15) is 4.79 Å². The van der Waals surface area contributed by atoms with Crippen LogP contribution in [0.25, 0.3) is 0 Å². The number of anilines is 1. The Morgan fingerprint density at radius 3 is 2.88 bits per heavy atom. The molecule has 0 amide bonds. The predicted octanol–water partition coefficient (Wildman–Crippen LogP) is 2.94. The number of carbonyl (C=O) groups excluding carboxylic acids is 1. The van der Waals surface area contributed by atoms with Crippen LogP contribution in [0.15, 0.2) is 12.3 Å². The average molecular weight is 236 g/mol. The molecule has 1 aliphatic carbocycles. The zero-order chi connectivity index (χ0) is 12.3. The molecule has 0 radical (unpaired) electrons. The summed E-state index contributed by atoms with van der Waals surface area (Å²) in [4.78, 5) is 14.4. The number of ether oxygens (including phenoxy) is 1. The number of aromatic amines is 1. The first kappa shape index (κ1) is 12.0. The molecule has 94 valence electrons. The summed E-state index contributed by atoms with van der Waals surface area (Å²) in [7, 11) is 0. The summed E-state index contributed by atoms with van der Waals surface area (Å²) >= 11 is 0. The molecule has 2 N–H and O–H groups in total. The van der Waals surface area contributed by atoms with Gasteiger partial charge in [0.2, 0.25) is 0 Å². The van der Waals surface area contributed by atoms with Gasteiger partial charge in [0.25, 0.3) is 0 Å². The monoisotopic (exact) mass is 236 g/mol. The molecule has 4 heteroatoms. The third-order valence-corrected chi connectivity index (χ3v) is 3.33. The van der Waals surface area contributed by atoms with E-state index in [4.69, 9.17) is 4.74 Å². The fourth-order valence-corrected chi connectivity index (χ4v) is 2.42. The van der Waals surface area contributed by atoms with Crippen molar-refractivity contribution in [1.29, 1.82) is 0 Å². The minimum absolute atomic E-state index is 0.175. The standard InChI is InChI=1S/C13H20N2O2/c1-3-17-12(16)11-8-10(9-14-11)15-13(2)6-4-5-7-13/h8-9,14-15H,3-7H2,1-2H3. The third-order valence-electron chi connectivity index (χ3n) is 3.33. The molecule has 2 rings (SSSR count). The van der Waals surface area contributed by atoms with Gasteiger partial charge in [-0.25, -0.2) is 4.79 Å². The number of carbonyl (C=O) groups is 1. The zero-order valence-electron chi connectivity index (χ0n) is 10.5. The largest absolute Gasteiger partial charge is 0.461 e. The minimum atomic E-state index is -0.294. The molecular weight excluding hydrogens is 216 g/mol. The van der Waals surface area contributed by atoms with Gasteiger partial charge in [0.1, 0.15) is 5.69 Å². The lowest BCUT2D eigenvalue weighted by molar-refractivity contribution is 0.0520. The maximum Gasteiger partial charge on any atom is 0.354 e. The zero-order valence-corrected chi connectivity index (χ0v) is 10.5. The summed E-state index contributed by atoms with van der Waals surface area (Å²) in [6, 6.07) is 1.82. The average Bonchev–Trinajstić information content (AvgIpc) is 2.89. The van der Waals surface area contributed by atoms with Gasteiger partial charge in [-0.2, -0.15) is 0 Å². The Kier molecular flexibility index (Phi) is 3.41. The summed E-state index contributed by atoms with van der Waals surface area (Å²) in [5.41, 5.74) is 1.65. The van der Waals surface area contributed by atoms with Crippen LogP contribution in [-0.4, -0.2) is 23.1 Å².